The predicted octanol–water partition coefficient (Wildman–Crippen LogP) is 2.10. The first kappa shape index (κ1) is 14.9. The van der Waals surface area contributed by atoms with E-state index >= 15 is 0 Å². The van der Waals surface area contributed by atoms with Crippen molar-refractivity contribution in [1.29, 1.82) is 0 Å². The lowest BCUT2D eigenvalue weighted by Gasteiger charge is -2.19. The number of hydrogen-bond acceptors (Lipinski definition) is 2. The van der Waals surface area contributed by atoms with Crippen molar-refractivity contribution in [2.75, 3.05) is 6.54 Å². The van der Waals surface area contributed by atoms with E-state index in [0.29, 0.717) is 18.0 Å². The summed E-state index contributed by atoms with van der Waals surface area (Å²) in [7, 11) is 0. The Bertz CT molecular complexity index is 414. The molecule has 1 aromatic carbocycles. The van der Waals surface area contributed by atoms with Crippen molar-refractivity contribution in [2.24, 2.45) is 11.7 Å². The quantitative estimate of drug-likeness (QED) is 0.885. The second-order valence-corrected chi connectivity index (χ2v) is 4.52. The molecule has 18 heavy (non-hydrogen) atoms. The molecule has 2 atom stereocenters. The van der Waals surface area contributed by atoms with Gasteiger partial charge in [-0.2, -0.15) is 0 Å². The van der Waals surface area contributed by atoms with Crippen LogP contribution < -0.4 is 11.1 Å². The number of rotatable bonds is 3. The number of nitrogens with one attached hydrogen (secondary N) is 1. The van der Waals surface area contributed by atoms with E-state index in [1.165, 1.54) is 12.1 Å². The third kappa shape index (κ3) is 3.43. The molecule has 1 aliphatic rings. The minimum Gasteiger partial charge on any atom is -0.349 e. The number of amides is 1. The summed E-state index contributed by atoms with van der Waals surface area (Å²) in [6, 6.07) is 5.87. The van der Waals surface area contributed by atoms with E-state index in [-0.39, 0.29) is 30.2 Å². The first-order chi connectivity index (χ1) is 8.20. The van der Waals surface area contributed by atoms with Crippen LogP contribution in [0.1, 0.15) is 29.6 Å². The first-order valence-corrected chi connectivity index (χ1v) is 5.97. The molecule has 0 spiro atoms. The Balaban J connectivity index is 0.00000162. The molecule has 1 aliphatic carbocycles. The summed E-state index contributed by atoms with van der Waals surface area (Å²) in [5.74, 6) is -0.248. The maximum Gasteiger partial charge on any atom is 0.251 e. The number of hydrogen-bond donors (Lipinski definition) is 2. The van der Waals surface area contributed by atoms with Gasteiger partial charge in [0.15, 0.2) is 0 Å². The van der Waals surface area contributed by atoms with Crippen molar-refractivity contribution in [3.63, 3.8) is 0 Å². The highest BCUT2D eigenvalue weighted by Crippen LogP contribution is 2.24. The maximum absolute atomic E-state index is 13.0. The van der Waals surface area contributed by atoms with Gasteiger partial charge in [-0.05, 0) is 43.5 Å². The molecule has 1 fully saturated rings. The molecule has 0 aliphatic heterocycles. The average Bonchev–Trinajstić information content (AvgIpc) is 2.76. The summed E-state index contributed by atoms with van der Waals surface area (Å²) in [6.45, 7) is 0.591. The summed E-state index contributed by atoms with van der Waals surface area (Å²) < 4.78 is 13.0. The van der Waals surface area contributed by atoms with Gasteiger partial charge in [0.2, 0.25) is 0 Å². The molecule has 2 unspecified atom stereocenters. The summed E-state index contributed by atoms with van der Waals surface area (Å²) in [4.78, 5) is 11.9. The van der Waals surface area contributed by atoms with Gasteiger partial charge < -0.3 is 11.1 Å². The molecule has 100 valence electrons. The molecule has 3 N–H and O–H groups in total. The van der Waals surface area contributed by atoms with E-state index in [4.69, 9.17) is 5.73 Å². The fraction of sp³-hybridized carbons (Fsp3) is 0.462. The second-order valence-electron chi connectivity index (χ2n) is 4.52. The Morgan fingerprint density at radius 3 is 2.89 bits per heavy atom. The van der Waals surface area contributed by atoms with Gasteiger partial charge in [0.05, 0.1) is 0 Å². The number of halogens is 2. The van der Waals surface area contributed by atoms with Crippen LogP contribution in [0.25, 0.3) is 0 Å². The van der Waals surface area contributed by atoms with E-state index < -0.39 is 0 Å². The summed E-state index contributed by atoms with van der Waals surface area (Å²) in [6.07, 6.45) is 3.11. The topological polar surface area (TPSA) is 55.1 Å². The average molecular weight is 273 g/mol. The van der Waals surface area contributed by atoms with Crippen LogP contribution in [0.4, 0.5) is 4.39 Å². The Kier molecular flexibility index (Phi) is 5.56. The van der Waals surface area contributed by atoms with Gasteiger partial charge in [-0.1, -0.05) is 12.5 Å². The monoisotopic (exact) mass is 272 g/mol. The van der Waals surface area contributed by atoms with Crippen LogP contribution in [-0.2, 0) is 0 Å². The SMILES string of the molecule is Cl.NCC1CCCC1NC(=O)c1cccc(F)c1. The van der Waals surface area contributed by atoms with Crippen molar-refractivity contribution >= 4 is 18.3 Å². The lowest BCUT2D eigenvalue weighted by Crippen LogP contribution is -2.39. The van der Waals surface area contributed by atoms with Crippen molar-refractivity contribution < 1.29 is 9.18 Å². The van der Waals surface area contributed by atoms with Crippen LogP contribution >= 0.6 is 12.4 Å². The lowest BCUT2D eigenvalue weighted by atomic mass is 10.0. The number of carbonyl (C=O) groups excluding carboxylic acids is 1. The zero-order valence-corrected chi connectivity index (χ0v) is 10.9. The van der Waals surface area contributed by atoms with Gasteiger partial charge in [-0.15, -0.1) is 12.4 Å². The molecular formula is C13H18ClFN2O. The van der Waals surface area contributed by atoms with Crippen LogP contribution in [0, 0.1) is 11.7 Å². The maximum atomic E-state index is 13.0. The molecule has 2 rings (SSSR count). The van der Waals surface area contributed by atoms with Gasteiger partial charge >= 0.3 is 0 Å². The Labute approximate surface area is 112 Å². The summed E-state index contributed by atoms with van der Waals surface area (Å²) >= 11 is 0. The smallest absolute Gasteiger partial charge is 0.251 e. The molecule has 3 nitrogen and oxygen atoms in total. The molecule has 0 bridgehead atoms. The van der Waals surface area contributed by atoms with Crippen LogP contribution in [0.5, 0.6) is 0 Å². The largest absolute Gasteiger partial charge is 0.349 e. The third-order valence-corrected chi connectivity index (χ3v) is 3.37. The lowest BCUT2D eigenvalue weighted by molar-refractivity contribution is 0.0928. The molecule has 0 aromatic heterocycles. The zero-order chi connectivity index (χ0) is 12.3. The molecular weight excluding hydrogens is 255 g/mol. The van der Waals surface area contributed by atoms with Crippen molar-refractivity contribution in [3.8, 4) is 0 Å². The van der Waals surface area contributed by atoms with Gasteiger partial charge in [0.1, 0.15) is 5.82 Å². The fourth-order valence-corrected chi connectivity index (χ4v) is 2.39. The Hall–Kier alpha value is -1.13. The predicted molar refractivity (Wildman–Crippen MR) is 71.3 cm³/mol. The van der Waals surface area contributed by atoms with E-state index in [1.54, 1.807) is 12.1 Å². The second kappa shape index (κ2) is 6.71. The van der Waals surface area contributed by atoms with Gasteiger partial charge in [0.25, 0.3) is 5.91 Å². The number of carbonyl (C=O) groups is 1. The number of nitrogens with two attached hydrogens (primary N) is 1. The van der Waals surface area contributed by atoms with Crippen molar-refractivity contribution in [2.45, 2.75) is 25.3 Å². The molecule has 0 radical (unpaired) electrons. The Morgan fingerprint density at radius 2 is 2.22 bits per heavy atom. The van der Waals surface area contributed by atoms with E-state index in [2.05, 4.69) is 5.32 Å². The van der Waals surface area contributed by atoms with E-state index in [9.17, 15) is 9.18 Å². The minimum atomic E-state index is -0.389. The van der Waals surface area contributed by atoms with Gasteiger partial charge in [-0.25, -0.2) is 4.39 Å². The highest BCUT2D eigenvalue weighted by atomic mass is 35.5. The molecule has 5 heteroatoms. The van der Waals surface area contributed by atoms with Crippen molar-refractivity contribution in [3.05, 3.63) is 35.6 Å². The zero-order valence-electron chi connectivity index (χ0n) is 10.1. The first-order valence-electron chi connectivity index (χ1n) is 5.97. The molecule has 0 saturated heterocycles. The molecule has 0 heterocycles. The van der Waals surface area contributed by atoms with E-state index in [0.717, 1.165) is 19.3 Å². The van der Waals surface area contributed by atoms with Crippen molar-refractivity contribution in [1.82, 2.24) is 5.32 Å². The fourth-order valence-electron chi connectivity index (χ4n) is 2.39. The van der Waals surface area contributed by atoms with Crippen LogP contribution in [0.3, 0.4) is 0 Å². The number of benzene rings is 1. The molecule has 1 aromatic rings. The van der Waals surface area contributed by atoms with Crippen LogP contribution in [0.2, 0.25) is 0 Å². The highest BCUT2D eigenvalue weighted by Gasteiger charge is 2.27. The molecule has 1 amide bonds. The third-order valence-electron chi connectivity index (χ3n) is 3.37. The van der Waals surface area contributed by atoms with Crippen LogP contribution in [0.15, 0.2) is 24.3 Å². The molecule has 1 saturated carbocycles. The van der Waals surface area contributed by atoms with Gasteiger partial charge in [-0.3, -0.25) is 4.79 Å². The minimum absolute atomic E-state index is 0. The van der Waals surface area contributed by atoms with Crippen LogP contribution in [-0.4, -0.2) is 18.5 Å². The highest BCUT2D eigenvalue weighted by molar-refractivity contribution is 5.94. The standard InChI is InChI=1S/C13H17FN2O.ClH/c14-11-5-1-3-9(7-11)13(17)16-12-6-2-4-10(12)8-15;/h1,3,5,7,10,12H,2,4,6,8,15H2,(H,16,17);1H. The summed E-state index contributed by atoms with van der Waals surface area (Å²) in [5.41, 5.74) is 6.02. The van der Waals surface area contributed by atoms with E-state index in [1.807, 2.05) is 0 Å². The Morgan fingerprint density at radius 1 is 1.44 bits per heavy atom. The normalized spacial score (nSPS) is 22.3. The van der Waals surface area contributed by atoms with Gasteiger partial charge in [0, 0.05) is 11.6 Å². The summed E-state index contributed by atoms with van der Waals surface area (Å²) in [5, 5.41) is 2.94.